The van der Waals surface area contributed by atoms with Crippen molar-refractivity contribution < 1.29 is 13.2 Å². The zero-order valence-electron chi connectivity index (χ0n) is 24.0. The highest BCUT2D eigenvalue weighted by atomic mass is 19.3. The van der Waals surface area contributed by atoms with Crippen LogP contribution in [0.4, 0.5) is 18.9 Å². The van der Waals surface area contributed by atoms with Crippen LogP contribution >= 0.6 is 0 Å². The predicted octanol–water partition coefficient (Wildman–Crippen LogP) is 5.54. The minimum absolute atomic E-state index is 0.167. The van der Waals surface area contributed by atoms with Crippen LogP contribution in [0.15, 0.2) is 76.9 Å². The molecule has 4 aromatic rings. The number of fused-ring (bicyclic) bond motifs is 2. The summed E-state index contributed by atoms with van der Waals surface area (Å²) in [5.41, 5.74) is 13.4. The second kappa shape index (κ2) is 11.0. The molecule has 0 saturated carbocycles. The van der Waals surface area contributed by atoms with E-state index in [9.17, 15) is 8.78 Å². The average molecular weight is 595 g/mol. The highest BCUT2D eigenvalue weighted by Gasteiger charge is 2.38. The maximum atomic E-state index is 16.8. The topological polar surface area (TPSA) is 108 Å². The summed E-state index contributed by atoms with van der Waals surface area (Å²) in [6.45, 7) is 2.37. The van der Waals surface area contributed by atoms with Crippen LogP contribution in [0.1, 0.15) is 45.9 Å². The van der Waals surface area contributed by atoms with Crippen molar-refractivity contribution in [2.75, 3.05) is 19.6 Å². The fraction of sp³-hybridized carbons (Fsp3) is 0.242. The molecule has 1 aromatic carbocycles. The third-order valence-corrected chi connectivity index (χ3v) is 8.06. The zero-order valence-corrected chi connectivity index (χ0v) is 24.0. The van der Waals surface area contributed by atoms with Crippen LogP contribution in [0.25, 0.3) is 16.7 Å². The van der Waals surface area contributed by atoms with E-state index in [1.807, 2.05) is 43.3 Å². The maximum absolute atomic E-state index is 16.8. The van der Waals surface area contributed by atoms with Gasteiger partial charge in [-0.25, -0.2) is 18.2 Å². The van der Waals surface area contributed by atoms with Gasteiger partial charge in [-0.15, -0.1) is 0 Å². The van der Waals surface area contributed by atoms with Gasteiger partial charge in [0.25, 0.3) is 5.92 Å². The normalized spacial score (nSPS) is 17.7. The van der Waals surface area contributed by atoms with Gasteiger partial charge in [0.05, 0.1) is 30.0 Å². The Labute approximate surface area is 252 Å². The molecule has 5 heterocycles. The lowest BCUT2D eigenvalue weighted by molar-refractivity contribution is 0.0115. The van der Waals surface area contributed by atoms with Crippen molar-refractivity contribution in [3.63, 3.8) is 0 Å². The van der Waals surface area contributed by atoms with E-state index in [0.717, 1.165) is 22.4 Å². The van der Waals surface area contributed by atoms with Gasteiger partial charge in [-0.1, -0.05) is 12.1 Å². The minimum Gasteiger partial charge on any atom is -0.402 e. The number of aryl methyl sites for hydroxylation is 1. The van der Waals surface area contributed by atoms with Crippen LogP contribution in [-0.2, 0) is 13.0 Å². The fourth-order valence-electron chi connectivity index (χ4n) is 6.06. The molecule has 8 nitrogen and oxygen atoms in total. The number of rotatable bonds is 5. The van der Waals surface area contributed by atoms with Crippen LogP contribution < -0.4 is 5.73 Å². The first-order valence-electron chi connectivity index (χ1n) is 14.4. The highest BCUT2D eigenvalue weighted by molar-refractivity contribution is 6.16. The second-order valence-electron chi connectivity index (χ2n) is 11.3. The monoisotopic (exact) mass is 594 g/mol. The number of aliphatic imine (C=N–C) groups is 2. The number of aromatic amines is 1. The molecule has 7 rings (SSSR count). The molecule has 0 atom stereocenters. The standard InChI is InChI=1S/C33H29F3N8/c1-19-11-25-28(29(34)27(19)22-12-20(14-39-16-22)17-44-10-6-33(35,36)18-44)31(41-9-8-40-25)32-42-26-13-23(37)4-5-24(30(26)43-32)21-3-2-7-38-15-21/h2-5,7-8,11-12,14-16H,6,9-10,13,17-18,37H2,1H3,(H,42,43). The van der Waals surface area contributed by atoms with Gasteiger partial charge in [-0.05, 0) is 42.3 Å². The third kappa shape index (κ3) is 5.24. The van der Waals surface area contributed by atoms with Gasteiger partial charge in [-0.2, -0.15) is 0 Å². The van der Waals surface area contributed by atoms with Crippen molar-refractivity contribution in [2.24, 2.45) is 15.7 Å². The number of nitrogens with zero attached hydrogens (tertiary/aromatic N) is 6. The summed E-state index contributed by atoms with van der Waals surface area (Å²) in [5.74, 6) is -2.79. The van der Waals surface area contributed by atoms with Crippen molar-refractivity contribution in [1.29, 1.82) is 0 Å². The van der Waals surface area contributed by atoms with Gasteiger partial charge >= 0.3 is 0 Å². The van der Waals surface area contributed by atoms with Crippen molar-refractivity contribution in [1.82, 2.24) is 24.8 Å². The second-order valence-corrected chi connectivity index (χ2v) is 11.3. The number of nitrogens with one attached hydrogen (secondary N) is 1. The molecule has 0 bridgehead atoms. The smallest absolute Gasteiger partial charge is 0.261 e. The van der Waals surface area contributed by atoms with Crippen molar-refractivity contribution in [3.8, 4) is 11.1 Å². The Hall–Kier alpha value is -4.90. The molecule has 0 radical (unpaired) electrons. The first-order valence-corrected chi connectivity index (χ1v) is 14.4. The van der Waals surface area contributed by atoms with E-state index in [1.165, 1.54) is 0 Å². The molecule has 1 saturated heterocycles. The van der Waals surface area contributed by atoms with Crippen LogP contribution in [0.2, 0.25) is 0 Å². The lowest BCUT2D eigenvalue weighted by atomic mass is 9.94. The molecule has 44 heavy (non-hydrogen) atoms. The Kier molecular flexibility index (Phi) is 6.97. The number of halogens is 3. The van der Waals surface area contributed by atoms with Gasteiger partial charge in [0, 0.05) is 90.6 Å². The van der Waals surface area contributed by atoms with Gasteiger partial charge in [0.2, 0.25) is 0 Å². The van der Waals surface area contributed by atoms with E-state index < -0.39 is 11.7 Å². The average Bonchev–Trinajstić information content (AvgIpc) is 3.42. The van der Waals surface area contributed by atoms with E-state index in [1.54, 1.807) is 35.9 Å². The summed E-state index contributed by atoms with van der Waals surface area (Å²) in [6, 6.07) is 7.44. The lowest BCUT2D eigenvalue weighted by Crippen LogP contribution is -2.24. The van der Waals surface area contributed by atoms with Crippen molar-refractivity contribution in [2.45, 2.75) is 32.2 Å². The van der Waals surface area contributed by atoms with Crippen LogP contribution in [0, 0.1) is 12.7 Å². The number of allylic oxidation sites excluding steroid dienone is 3. The maximum Gasteiger partial charge on any atom is 0.261 e. The Morgan fingerprint density at radius 3 is 2.73 bits per heavy atom. The number of pyridine rings is 2. The number of H-pyrrole nitrogens is 1. The van der Waals surface area contributed by atoms with Gasteiger partial charge < -0.3 is 10.7 Å². The first kappa shape index (κ1) is 27.9. The Morgan fingerprint density at radius 1 is 1.07 bits per heavy atom. The van der Waals surface area contributed by atoms with E-state index in [-0.39, 0.29) is 25.1 Å². The Morgan fingerprint density at radius 2 is 1.93 bits per heavy atom. The number of imidazole rings is 1. The molecule has 1 aliphatic carbocycles. The van der Waals surface area contributed by atoms with Crippen molar-refractivity contribution >= 4 is 23.2 Å². The minimum atomic E-state index is -2.69. The zero-order chi connectivity index (χ0) is 30.4. The molecule has 0 amide bonds. The molecule has 0 unspecified atom stereocenters. The van der Waals surface area contributed by atoms with Crippen LogP contribution in [0.3, 0.4) is 0 Å². The van der Waals surface area contributed by atoms with Gasteiger partial charge in [0.15, 0.2) is 5.82 Å². The fourth-order valence-corrected chi connectivity index (χ4v) is 6.06. The number of aromatic nitrogens is 4. The summed E-state index contributed by atoms with van der Waals surface area (Å²) in [4.78, 5) is 27.8. The largest absolute Gasteiger partial charge is 0.402 e. The van der Waals surface area contributed by atoms with E-state index in [2.05, 4.69) is 19.9 Å². The Bertz CT molecular complexity index is 1890. The number of hydrogen-bond acceptors (Lipinski definition) is 7. The molecule has 222 valence electrons. The van der Waals surface area contributed by atoms with Crippen LogP contribution in [0.5, 0.6) is 0 Å². The molecule has 3 aliphatic rings. The van der Waals surface area contributed by atoms with Gasteiger partial charge in [-0.3, -0.25) is 24.9 Å². The lowest BCUT2D eigenvalue weighted by Gasteiger charge is -2.17. The Balaban J connectivity index is 1.30. The molecule has 1 fully saturated rings. The number of benzene rings is 1. The van der Waals surface area contributed by atoms with E-state index in [0.29, 0.717) is 64.8 Å². The molecule has 3 aromatic heterocycles. The van der Waals surface area contributed by atoms with E-state index >= 15 is 4.39 Å². The third-order valence-electron chi connectivity index (χ3n) is 8.06. The number of hydrogen-bond donors (Lipinski definition) is 2. The van der Waals surface area contributed by atoms with Crippen molar-refractivity contribution in [3.05, 3.63) is 112 Å². The van der Waals surface area contributed by atoms with E-state index in [4.69, 9.17) is 15.7 Å². The summed E-state index contributed by atoms with van der Waals surface area (Å²) >= 11 is 0. The number of nitrogens with two attached hydrogens (primary N) is 1. The number of alkyl halides is 2. The first-order chi connectivity index (χ1) is 21.3. The molecule has 0 spiro atoms. The summed E-state index contributed by atoms with van der Waals surface area (Å²) in [6.07, 6.45) is 12.4. The van der Waals surface area contributed by atoms with Gasteiger partial charge in [0.1, 0.15) is 11.5 Å². The summed E-state index contributed by atoms with van der Waals surface area (Å²) < 4.78 is 44.4. The van der Waals surface area contributed by atoms with Crippen LogP contribution in [-0.4, -0.2) is 62.3 Å². The summed E-state index contributed by atoms with van der Waals surface area (Å²) in [7, 11) is 0. The highest BCUT2D eigenvalue weighted by Crippen LogP contribution is 2.38. The molecule has 3 N–H and O–H groups in total. The SMILES string of the molecule is Cc1cc2c(c(F)c1-c1cncc(CN3CCC(F)(F)C3)c1)C(c1nc3c([nH]1)CC(N)=CC=C3c1cccnc1)=NCC=N2. The predicted molar refractivity (Wildman–Crippen MR) is 164 cm³/mol. The quantitative estimate of drug-likeness (QED) is 0.316. The molecular weight excluding hydrogens is 565 g/mol. The summed E-state index contributed by atoms with van der Waals surface area (Å²) in [5, 5.41) is 0. The molecule has 11 heteroatoms. The molecular formula is C33H29F3N8. The molecule has 2 aliphatic heterocycles. The number of likely N-dealkylation sites (tertiary alicyclic amines) is 1.